The van der Waals surface area contributed by atoms with Crippen molar-refractivity contribution in [2.45, 2.75) is 20.3 Å². The average Bonchev–Trinajstić information content (AvgIpc) is 2.63. The molecule has 1 atom stereocenters. The summed E-state index contributed by atoms with van der Waals surface area (Å²) < 4.78 is 10.2. The highest BCUT2D eigenvalue weighted by Crippen LogP contribution is 2.21. The van der Waals surface area contributed by atoms with Crippen LogP contribution in [0.25, 0.3) is 0 Å². The number of ether oxygens (including phenoxy) is 2. The van der Waals surface area contributed by atoms with Crippen molar-refractivity contribution >= 4 is 5.97 Å². The molecular weight excluding hydrogens is 192 g/mol. The number of esters is 1. The van der Waals surface area contributed by atoms with Crippen LogP contribution in [0.5, 0.6) is 0 Å². The third-order valence-corrected chi connectivity index (χ3v) is 2.24. The van der Waals surface area contributed by atoms with Crippen LogP contribution < -0.4 is 0 Å². The lowest BCUT2D eigenvalue weighted by Gasteiger charge is -2.03. The van der Waals surface area contributed by atoms with E-state index in [-0.39, 0.29) is 11.9 Å². The Morgan fingerprint density at radius 2 is 2.40 bits per heavy atom. The summed E-state index contributed by atoms with van der Waals surface area (Å²) in [5.74, 6) is -0.0257. The minimum Gasteiger partial charge on any atom is -0.463 e. The van der Waals surface area contributed by atoms with Gasteiger partial charge in [0.1, 0.15) is 0 Å². The van der Waals surface area contributed by atoms with Gasteiger partial charge in [0.15, 0.2) is 0 Å². The normalized spacial score (nSPS) is 23.9. The molecule has 84 valence electrons. The molecule has 0 aliphatic carbocycles. The molecule has 15 heavy (non-hydrogen) atoms. The van der Waals surface area contributed by atoms with E-state index < -0.39 is 0 Å². The number of hydrogen-bond acceptors (Lipinski definition) is 3. The summed E-state index contributed by atoms with van der Waals surface area (Å²) in [7, 11) is 0. The Hall–Kier alpha value is -1.09. The first-order chi connectivity index (χ1) is 7.27. The molecule has 1 heterocycles. The van der Waals surface area contributed by atoms with Crippen LogP contribution in [0.3, 0.4) is 0 Å². The Morgan fingerprint density at radius 1 is 1.60 bits per heavy atom. The summed E-state index contributed by atoms with van der Waals surface area (Å²) in [6.07, 6.45) is 6.75. The lowest BCUT2D eigenvalue weighted by molar-refractivity contribution is -0.137. The quantitative estimate of drug-likeness (QED) is 0.405. The molecule has 0 radical (unpaired) electrons. The fraction of sp³-hybridized carbons (Fsp3) is 0.583. The molecule has 1 saturated heterocycles. The Balaban J connectivity index is 2.59. The molecule has 0 saturated carbocycles. The van der Waals surface area contributed by atoms with Crippen molar-refractivity contribution in [3.63, 3.8) is 0 Å². The zero-order chi connectivity index (χ0) is 11.1. The number of carbonyl (C=O) groups excluding carboxylic acids is 1. The Morgan fingerprint density at radius 3 is 3.07 bits per heavy atom. The predicted molar refractivity (Wildman–Crippen MR) is 58.5 cm³/mol. The van der Waals surface area contributed by atoms with Crippen LogP contribution in [0.1, 0.15) is 20.3 Å². The van der Waals surface area contributed by atoms with Gasteiger partial charge >= 0.3 is 5.97 Å². The van der Waals surface area contributed by atoms with Gasteiger partial charge in [0.25, 0.3) is 0 Å². The summed E-state index contributed by atoms with van der Waals surface area (Å²) >= 11 is 0. The van der Waals surface area contributed by atoms with E-state index in [2.05, 4.69) is 19.1 Å². The highest BCUT2D eigenvalue weighted by atomic mass is 16.5. The van der Waals surface area contributed by atoms with Gasteiger partial charge in [-0.1, -0.05) is 19.1 Å². The number of rotatable bonds is 4. The molecule has 0 aromatic heterocycles. The zero-order valence-electron chi connectivity index (χ0n) is 9.36. The molecule has 1 aliphatic heterocycles. The molecule has 0 aromatic carbocycles. The van der Waals surface area contributed by atoms with Gasteiger partial charge in [-0.3, -0.25) is 0 Å². The molecule has 1 aliphatic rings. The minimum absolute atomic E-state index is 0.245. The largest absolute Gasteiger partial charge is 0.463 e. The molecule has 0 spiro atoms. The Bertz CT molecular complexity index is 266. The minimum atomic E-state index is -0.270. The van der Waals surface area contributed by atoms with Gasteiger partial charge in [-0.15, -0.1) is 0 Å². The van der Waals surface area contributed by atoms with Crippen LogP contribution in [0, 0.1) is 5.92 Å². The first-order valence-corrected chi connectivity index (χ1v) is 5.39. The van der Waals surface area contributed by atoms with E-state index in [0.29, 0.717) is 19.8 Å². The van der Waals surface area contributed by atoms with Crippen LogP contribution in [-0.4, -0.2) is 25.8 Å². The van der Waals surface area contributed by atoms with Gasteiger partial charge < -0.3 is 9.47 Å². The summed E-state index contributed by atoms with van der Waals surface area (Å²) in [4.78, 5) is 11.2. The standard InChI is InChI=1S/C12H18O3/c1-3-5-6-10-8-14-9-11(10)7-12(13)15-4-2/h5-7,10H,3-4,8-9H2,1-2H3/b6-5+,11-7+. The van der Waals surface area contributed by atoms with Crippen molar-refractivity contribution in [2.75, 3.05) is 19.8 Å². The van der Waals surface area contributed by atoms with Crippen molar-refractivity contribution < 1.29 is 14.3 Å². The highest BCUT2D eigenvalue weighted by molar-refractivity contribution is 5.83. The van der Waals surface area contributed by atoms with Gasteiger partial charge in [0.2, 0.25) is 0 Å². The van der Waals surface area contributed by atoms with Crippen LogP contribution >= 0.6 is 0 Å². The van der Waals surface area contributed by atoms with Crippen molar-refractivity contribution in [3.8, 4) is 0 Å². The van der Waals surface area contributed by atoms with E-state index in [1.807, 2.05) is 0 Å². The van der Waals surface area contributed by atoms with E-state index >= 15 is 0 Å². The lowest BCUT2D eigenvalue weighted by atomic mass is 10.0. The van der Waals surface area contributed by atoms with Crippen LogP contribution in [0.15, 0.2) is 23.8 Å². The van der Waals surface area contributed by atoms with Crippen molar-refractivity contribution in [3.05, 3.63) is 23.8 Å². The van der Waals surface area contributed by atoms with Crippen LogP contribution in [0.4, 0.5) is 0 Å². The Labute approximate surface area is 90.8 Å². The van der Waals surface area contributed by atoms with E-state index in [1.54, 1.807) is 13.0 Å². The van der Waals surface area contributed by atoms with E-state index in [0.717, 1.165) is 12.0 Å². The number of hydrogen-bond donors (Lipinski definition) is 0. The third-order valence-electron chi connectivity index (χ3n) is 2.24. The van der Waals surface area contributed by atoms with Crippen molar-refractivity contribution in [1.29, 1.82) is 0 Å². The topological polar surface area (TPSA) is 35.5 Å². The maximum atomic E-state index is 11.2. The van der Waals surface area contributed by atoms with Gasteiger partial charge in [-0.2, -0.15) is 0 Å². The zero-order valence-corrected chi connectivity index (χ0v) is 9.36. The second-order valence-electron chi connectivity index (χ2n) is 3.43. The van der Waals surface area contributed by atoms with Gasteiger partial charge in [-0.25, -0.2) is 4.79 Å². The average molecular weight is 210 g/mol. The number of allylic oxidation sites excluding steroid dienone is 1. The second kappa shape index (κ2) is 6.40. The molecule has 0 bridgehead atoms. The monoisotopic (exact) mass is 210 g/mol. The molecule has 1 rings (SSSR count). The summed E-state index contributed by atoms with van der Waals surface area (Å²) in [5, 5.41) is 0. The van der Waals surface area contributed by atoms with Crippen molar-refractivity contribution in [1.82, 2.24) is 0 Å². The maximum Gasteiger partial charge on any atom is 0.330 e. The predicted octanol–water partition coefficient (Wildman–Crippen LogP) is 2.09. The second-order valence-corrected chi connectivity index (χ2v) is 3.43. The van der Waals surface area contributed by atoms with Gasteiger partial charge in [0, 0.05) is 12.0 Å². The van der Waals surface area contributed by atoms with Gasteiger partial charge in [0.05, 0.1) is 19.8 Å². The molecular formula is C12H18O3. The molecule has 3 nitrogen and oxygen atoms in total. The summed E-state index contributed by atoms with van der Waals surface area (Å²) in [6, 6.07) is 0. The molecule has 0 N–H and O–H groups in total. The van der Waals surface area contributed by atoms with Crippen LogP contribution in [0.2, 0.25) is 0 Å². The molecule has 0 aromatic rings. The maximum absolute atomic E-state index is 11.2. The van der Waals surface area contributed by atoms with Crippen LogP contribution in [-0.2, 0) is 14.3 Å². The fourth-order valence-corrected chi connectivity index (χ4v) is 1.48. The van der Waals surface area contributed by atoms with Crippen molar-refractivity contribution in [2.24, 2.45) is 5.92 Å². The molecule has 1 unspecified atom stereocenters. The first kappa shape index (κ1) is 12.0. The summed E-state index contributed by atoms with van der Waals surface area (Å²) in [5.41, 5.74) is 1.01. The first-order valence-electron chi connectivity index (χ1n) is 5.39. The highest BCUT2D eigenvalue weighted by Gasteiger charge is 2.20. The lowest BCUT2D eigenvalue weighted by Crippen LogP contribution is -2.05. The Kier molecular flexibility index (Phi) is 5.12. The SMILES string of the molecule is CC/C=C/C1COC/C1=C\C(=O)OCC. The van der Waals surface area contributed by atoms with Gasteiger partial charge in [-0.05, 0) is 18.9 Å². The number of carbonyl (C=O) groups is 1. The molecule has 3 heteroatoms. The van der Waals surface area contributed by atoms with E-state index in [1.165, 1.54) is 0 Å². The smallest absolute Gasteiger partial charge is 0.330 e. The third kappa shape index (κ3) is 3.88. The molecule has 0 amide bonds. The fourth-order valence-electron chi connectivity index (χ4n) is 1.48. The summed E-state index contributed by atoms with van der Waals surface area (Å²) in [6.45, 7) is 5.51. The van der Waals surface area contributed by atoms with E-state index in [4.69, 9.17) is 9.47 Å². The molecule has 1 fully saturated rings. The van der Waals surface area contributed by atoms with E-state index in [9.17, 15) is 4.79 Å².